The van der Waals surface area contributed by atoms with Crippen LogP contribution in [0.3, 0.4) is 0 Å². The van der Waals surface area contributed by atoms with E-state index in [1.807, 2.05) is 30.3 Å². The number of carbonyl (C=O) groups is 1. The van der Waals surface area contributed by atoms with Crippen LogP contribution in [0.5, 0.6) is 0 Å². The van der Waals surface area contributed by atoms with Gasteiger partial charge in [-0.15, -0.1) is 11.3 Å². The number of rotatable bonds is 2. The Balaban J connectivity index is 0.00000112. The van der Waals surface area contributed by atoms with Crippen molar-refractivity contribution >= 4 is 17.3 Å². The van der Waals surface area contributed by atoms with Crippen molar-refractivity contribution in [3.05, 3.63) is 47.3 Å². The van der Waals surface area contributed by atoms with Gasteiger partial charge in [-0.3, -0.25) is 0 Å². The fourth-order valence-corrected chi connectivity index (χ4v) is 2.08. The van der Waals surface area contributed by atoms with Gasteiger partial charge < -0.3 is 9.90 Å². The first-order valence-corrected chi connectivity index (χ1v) is 5.00. The van der Waals surface area contributed by atoms with Gasteiger partial charge in [-0.1, -0.05) is 30.3 Å². The molecule has 0 N–H and O–H groups in total. The minimum absolute atomic E-state index is 0. The number of benzene rings is 1. The first kappa shape index (κ1) is 12.5. The van der Waals surface area contributed by atoms with E-state index in [4.69, 9.17) is 0 Å². The molecule has 70 valence electrons. The smallest absolute Gasteiger partial charge is 0.545 e. The molecule has 0 bridgehead atoms. The van der Waals surface area contributed by atoms with Crippen LogP contribution in [0.1, 0.15) is 10.4 Å². The molecule has 1 heterocycles. The van der Waals surface area contributed by atoms with Crippen LogP contribution in [0.2, 0.25) is 0 Å². The number of thiophene rings is 1. The third-order valence-corrected chi connectivity index (χ3v) is 2.87. The Morgan fingerprint density at radius 3 is 2.40 bits per heavy atom. The Morgan fingerprint density at radius 2 is 1.87 bits per heavy atom. The second kappa shape index (κ2) is 5.47. The zero-order valence-corrected chi connectivity index (χ0v) is 11.1. The molecule has 1 aromatic heterocycles. The predicted molar refractivity (Wildman–Crippen MR) is 54.1 cm³/mol. The van der Waals surface area contributed by atoms with Gasteiger partial charge in [-0.05, 0) is 11.6 Å². The van der Waals surface area contributed by atoms with Gasteiger partial charge >= 0.3 is 29.6 Å². The van der Waals surface area contributed by atoms with Crippen LogP contribution in [0.15, 0.2) is 41.8 Å². The molecular formula is C11H7NaO2S. The molecule has 0 spiro atoms. The average Bonchev–Trinajstić information content (AvgIpc) is 2.68. The van der Waals surface area contributed by atoms with Gasteiger partial charge in [0.15, 0.2) is 0 Å². The Hall–Kier alpha value is -0.610. The summed E-state index contributed by atoms with van der Waals surface area (Å²) in [4.78, 5) is 11.5. The van der Waals surface area contributed by atoms with Crippen LogP contribution < -0.4 is 34.7 Å². The number of carboxylic acid groups (broad SMARTS) is 1. The topological polar surface area (TPSA) is 40.1 Å². The number of aromatic carboxylic acids is 1. The van der Waals surface area contributed by atoms with Crippen LogP contribution >= 0.6 is 11.3 Å². The molecule has 0 unspecified atom stereocenters. The number of hydrogen-bond donors (Lipinski definition) is 0. The van der Waals surface area contributed by atoms with Crippen molar-refractivity contribution in [2.24, 2.45) is 0 Å². The summed E-state index contributed by atoms with van der Waals surface area (Å²) in [6, 6.07) is 11.3. The Labute approximate surface area is 114 Å². The normalized spacial score (nSPS) is 9.33. The van der Waals surface area contributed by atoms with E-state index >= 15 is 0 Å². The van der Waals surface area contributed by atoms with E-state index in [1.54, 1.807) is 11.4 Å². The summed E-state index contributed by atoms with van der Waals surface area (Å²) in [5.41, 5.74) is 1.28. The van der Waals surface area contributed by atoms with Gasteiger partial charge in [0.1, 0.15) is 0 Å². The average molecular weight is 226 g/mol. The molecule has 2 aromatic rings. The summed E-state index contributed by atoms with van der Waals surface area (Å²) in [5, 5.41) is 12.1. The molecule has 15 heavy (non-hydrogen) atoms. The summed E-state index contributed by atoms with van der Waals surface area (Å²) in [6.45, 7) is 0. The van der Waals surface area contributed by atoms with Gasteiger partial charge in [0.05, 0.1) is 5.97 Å². The SMILES string of the molecule is O=C([O-])c1csc(-c2ccccc2)c1.[Na+]. The molecule has 0 saturated heterocycles. The van der Waals surface area contributed by atoms with Crippen LogP contribution in [-0.2, 0) is 0 Å². The zero-order chi connectivity index (χ0) is 9.97. The monoisotopic (exact) mass is 226 g/mol. The third kappa shape index (κ3) is 2.92. The summed E-state index contributed by atoms with van der Waals surface area (Å²) in [6.07, 6.45) is 0. The van der Waals surface area contributed by atoms with E-state index in [-0.39, 0.29) is 35.1 Å². The molecule has 0 aliphatic heterocycles. The number of carboxylic acids is 1. The van der Waals surface area contributed by atoms with Crippen LogP contribution in [0, 0.1) is 0 Å². The molecule has 0 amide bonds. The van der Waals surface area contributed by atoms with E-state index in [1.165, 1.54) is 11.3 Å². The standard InChI is InChI=1S/C11H8O2S.Na/c12-11(13)9-6-10(14-7-9)8-4-2-1-3-5-8;/h1-7H,(H,12,13);/q;+1/p-1. The molecule has 1 aromatic carbocycles. The molecule has 2 rings (SSSR count). The van der Waals surface area contributed by atoms with Crippen LogP contribution in [0.4, 0.5) is 0 Å². The fourth-order valence-electron chi connectivity index (χ4n) is 1.20. The third-order valence-electron chi connectivity index (χ3n) is 1.89. The maximum Gasteiger partial charge on any atom is 1.00 e. The first-order chi connectivity index (χ1) is 6.77. The number of carbonyl (C=O) groups excluding carboxylic acids is 1. The molecule has 0 aliphatic carbocycles. The maximum atomic E-state index is 10.5. The van der Waals surface area contributed by atoms with Crippen molar-refractivity contribution in [2.75, 3.05) is 0 Å². The summed E-state index contributed by atoms with van der Waals surface area (Å²) in [5.74, 6) is -1.12. The Morgan fingerprint density at radius 1 is 1.20 bits per heavy atom. The Bertz CT molecular complexity index is 451. The van der Waals surface area contributed by atoms with Gasteiger partial charge in [0.25, 0.3) is 0 Å². The minimum Gasteiger partial charge on any atom is -0.545 e. The van der Waals surface area contributed by atoms with Gasteiger partial charge in [0.2, 0.25) is 0 Å². The molecule has 0 saturated carbocycles. The van der Waals surface area contributed by atoms with Crippen LogP contribution in [-0.4, -0.2) is 5.97 Å². The van der Waals surface area contributed by atoms with Crippen molar-refractivity contribution in [3.63, 3.8) is 0 Å². The predicted octanol–water partition coefficient (Wildman–Crippen LogP) is -1.22. The van der Waals surface area contributed by atoms with Crippen molar-refractivity contribution in [2.45, 2.75) is 0 Å². The van der Waals surface area contributed by atoms with Crippen molar-refractivity contribution in [1.29, 1.82) is 0 Å². The fraction of sp³-hybridized carbons (Fsp3) is 0. The zero-order valence-electron chi connectivity index (χ0n) is 8.27. The van der Waals surface area contributed by atoms with E-state index < -0.39 is 5.97 Å². The summed E-state index contributed by atoms with van der Waals surface area (Å²) in [7, 11) is 0. The molecule has 4 heteroatoms. The van der Waals surface area contributed by atoms with Gasteiger partial charge in [0, 0.05) is 15.8 Å². The first-order valence-electron chi connectivity index (χ1n) is 4.12. The second-order valence-electron chi connectivity index (χ2n) is 2.85. The Kier molecular flexibility index (Phi) is 4.54. The van der Waals surface area contributed by atoms with Gasteiger partial charge in [-0.2, -0.15) is 0 Å². The molecule has 2 nitrogen and oxygen atoms in total. The second-order valence-corrected chi connectivity index (χ2v) is 3.76. The van der Waals surface area contributed by atoms with Gasteiger partial charge in [-0.25, -0.2) is 0 Å². The molecule has 0 atom stereocenters. The van der Waals surface area contributed by atoms with Crippen molar-refractivity contribution in [3.8, 4) is 10.4 Å². The molecule has 0 fully saturated rings. The summed E-state index contributed by atoms with van der Waals surface area (Å²) >= 11 is 1.41. The number of hydrogen-bond acceptors (Lipinski definition) is 3. The largest absolute Gasteiger partial charge is 1.00 e. The quantitative estimate of drug-likeness (QED) is 0.602. The van der Waals surface area contributed by atoms with E-state index in [2.05, 4.69) is 0 Å². The molecular weight excluding hydrogens is 219 g/mol. The van der Waals surface area contributed by atoms with E-state index in [0.717, 1.165) is 10.4 Å². The summed E-state index contributed by atoms with van der Waals surface area (Å²) < 4.78 is 0. The van der Waals surface area contributed by atoms with Crippen molar-refractivity contribution in [1.82, 2.24) is 0 Å². The van der Waals surface area contributed by atoms with Crippen molar-refractivity contribution < 1.29 is 39.5 Å². The van der Waals surface area contributed by atoms with Crippen LogP contribution in [0.25, 0.3) is 10.4 Å². The van der Waals surface area contributed by atoms with E-state index in [9.17, 15) is 9.90 Å². The van der Waals surface area contributed by atoms with E-state index in [0.29, 0.717) is 0 Å². The maximum absolute atomic E-state index is 10.5. The molecule has 0 radical (unpaired) electrons. The minimum atomic E-state index is -1.12. The molecule has 0 aliphatic rings.